The van der Waals surface area contributed by atoms with Crippen LogP contribution in [0, 0.1) is 0 Å². The minimum atomic E-state index is -0.763. The monoisotopic (exact) mass is 297 g/mol. The van der Waals surface area contributed by atoms with Crippen molar-refractivity contribution in [1.82, 2.24) is 4.90 Å². The van der Waals surface area contributed by atoms with Crippen LogP contribution in [0.3, 0.4) is 0 Å². The Morgan fingerprint density at radius 3 is 1.76 bits per heavy atom. The van der Waals surface area contributed by atoms with Gasteiger partial charge in [-0.05, 0) is 48.0 Å². The van der Waals surface area contributed by atoms with Crippen molar-refractivity contribution in [2.75, 3.05) is 6.54 Å². The van der Waals surface area contributed by atoms with Crippen LogP contribution in [0.5, 0.6) is 0 Å². The van der Waals surface area contributed by atoms with E-state index < -0.39 is 11.2 Å². The Hall–Kier alpha value is -1.20. The number of amides is 2. The van der Waals surface area contributed by atoms with E-state index in [2.05, 4.69) is 6.92 Å². The third-order valence-corrected chi connectivity index (χ3v) is 3.58. The predicted octanol–water partition coefficient (Wildman–Crippen LogP) is 3.00. The van der Waals surface area contributed by atoms with E-state index in [-0.39, 0.29) is 18.4 Å². The van der Waals surface area contributed by atoms with E-state index in [1.165, 1.54) is 4.90 Å². The van der Waals surface area contributed by atoms with Crippen LogP contribution in [0.2, 0.25) is 0 Å². The molecule has 5 nitrogen and oxygen atoms in total. The SMILES string of the molecule is CCCC(C)(C)OOC(C)(C)CN1C(=O)C(C)=C(C)C1=O. The van der Waals surface area contributed by atoms with Gasteiger partial charge in [0.15, 0.2) is 0 Å². The molecule has 0 saturated carbocycles. The molecule has 0 atom stereocenters. The second-order valence-corrected chi connectivity index (χ2v) is 6.88. The van der Waals surface area contributed by atoms with Crippen LogP contribution in [0.15, 0.2) is 11.1 Å². The van der Waals surface area contributed by atoms with Gasteiger partial charge in [0, 0.05) is 11.1 Å². The van der Waals surface area contributed by atoms with Gasteiger partial charge < -0.3 is 0 Å². The zero-order valence-corrected chi connectivity index (χ0v) is 14.2. The third kappa shape index (κ3) is 4.38. The Bertz CT molecular complexity index is 439. The highest BCUT2D eigenvalue weighted by Gasteiger charge is 2.38. The zero-order valence-electron chi connectivity index (χ0n) is 14.2. The summed E-state index contributed by atoms with van der Waals surface area (Å²) in [5.41, 5.74) is -0.151. The third-order valence-electron chi connectivity index (χ3n) is 3.58. The molecular weight excluding hydrogens is 270 g/mol. The molecule has 120 valence electrons. The molecule has 2 amide bonds. The maximum absolute atomic E-state index is 12.1. The first-order chi connectivity index (χ1) is 9.51. The summed E-state index contributed by atoms with van der Waals surface area (Å²) in [4.78, 5) is 36.4. The molecule has 21 heavy (non-hydrogen) atoms. The van der Waals surface area contributed by atoms with Crippen LogP contribution in [0.4, 0.5) is 0 Å². The number of hydrogen-bond donors (Lipinski definition) is 0. The molecule has 0 N–H and O–H groups in total. The van der Waals surface area contributed by atoms with E-state index >= 15 is 0 Å². The van der Waals surface area contributed by atoms with Gasteiger partial charge in [-0.25, -0.2) is 9.78 Å². The quantitative estimate of drug-likeness (QED) is 0.412. The topological polar surface area (TPSA) is 55.8 Å². The molecule has 0 saturated heterocycles. The van der Waals surface area contributed by atoms with Crippen molar-refractivity contribution in [1.29, 1.82) is 0 Å². The van der Waals surface area contributed by atoms with Crippen LogP contribution >= 0.6 is 0 Å². The van der Waals surface area contributed by atoms with Crippen LogP contribution in [0.1, 0.15) is 61.3 Å². The molecule has 5 heteroatoms. The minimum Gasteiger partial charge on any atom is -0.272 e. The fraction of sp³-hybridized carbons (Fsp3) is 0.750. The highest BCUT2D eigenvalue weighted by Crippen LogP contribution is 2.25. The normalized spacial score (nSPS) is 17.2. The molecule has 0 radical (unpaired) electrons. The molecule has 0 spiro atoms. The van der Waals surface area contributed by atoms with Crippen molar-refractivity contribution in [3.8, 4) is 0 Å². The molecule has 0 aromatic rings. The molecule has 1 aliphatic rings. The van der Waals surface area contributed by atoms with Crippen molar-refractivity contribution in [3.63, 3.8) is 0 Å². The number of imide groups is 1. The second-order valence-electron chi connectivity index (χ2n) is 6.88. The van der Waals surface area contributed by atoms with E-state index in [1.54, 1.807) is 27.7 Å². The van der Waals surface area contributed by atoms with Gasteiger partial charge in [0.05, 0.1) is 12.1 Å². The fourth-order valence-electron chi connectivity index (χ4n) is 2.24. The van der Waals surface area contributed by atoms with Gasteiger partial charge in [-0.3, -0.25) is 14.5 Å². The lowest BCUT2D eigenvalue weighted by Gasteiger charge is -2.32. The van der Waals surface area contributed by atoms with Gasteiger partial charge >= 0.3 is 0 Å². The summed E-state index contributed by atoms with van der Waals surface area (Å²) in [6, 6.07) is 0. The summed E-state index contributed by atoms with van der Waals surface area (Å²) in [7, 11) is 0. The summed E-state index contributed by atoms with van der Waals surface area (Å²) in [5.74, 6) is -0.496. The summed E-state index contributed by atoms with van der Waals surface area (Å²) >= 11 is 0. The van der Waals surface area contributed by atoms with Gasteiger partial charge in [0.25, 0.3) is 11.8 Å². The lowest BCUT2D eigenvalue weighted by atomic mass is 10.0. The molecule has 0 aromatic heterocycles. The molecule has 0 unspecified atom stereocenters. The molecule has 1 rings (SSSR count). The van der Waals surface area contributed by atoms with E-state index in [9.17, 15) is 9.59 Å². The first kappa shape index (κ1) is 17.9. The Balaban J connectivity index is 2.66. The molecule has 1 heterocycles. The van der Waals surface area contributed by atoms with E-state index in [1.807, 2.05) is 13.8 Å². The van der Waals surface area contributed by atoms with E-state index in [0.29, 0.717) is 11.1 Å². The molecule has 0 aromatic carbocycles. The lowest BCUT2D eigenvalue weighted by Crippen LogP contribution is -2.45. The Morgan fingerprint density at radius 1 is 0.905 bits per heavy atom. The summed E-state index contributed by atoms with van der Waals surface area (Å²) < 4.78 is 0. The molecule has 0 bridgehead atoms. The van der Waals surface area contributed by atoms with Crippen molar-refractivity contribution in [2.24, 2.45) is 0 Å². The smallest absolute Gasteiger partial charge is 0.256 e. The van der Waals surface area contributed by atoms with Gasteiger partial charge in [-0.1, -0.05) is 13.3 Å². The highest BCUT2D eigenvalue weighted by atomic mass is 17.2. The summed E-state index contributed by atoms with van der Waals surface area (Å²) in [6.45, 7) is 13.1. The standard InChI is InChI=1S/C16H27NO4/c1-8-9-15(4,5)20-21-16(6,7)10-17-13(18)11(2)12(3)14(17)19/h8-10H2,1-7H3. The first-order valence-corrected chi connectivity index (χ1v) is 7.41. The van der Waals surface area contributed by atoms with Gasteiger partial charge in [-0.2, -0.15) is 0 Å². The average molecular weight is 297 g/mol. The second kappa shape index (κ2) is 6.28. The molecule has 0 aliphatic carbocycles. The Morgan fingerprint density at radius 2 is 1.33 bits per heavy atom. The van der Waals surface area contributed by atoms with E-state index in [0.717, 1.165) is 12.8 Å². The van der Waals surface area contributed by atoms with Crippen LogP contribution < -0.4 is 0 Å². The summed E-state index contributed by atoms with van der Waals surface area (Å²) in [6.07, 6.45) is 1.85. The minimum absolute atomic E-state index is 0.168. The molecule has 0 fully saturated rings. The summed E-state index contributed by atoms with van der Waals surface area (Å²) in [5, 5.41) is 0. The number of carbonyl (C=O) groups excluding carboxylic acids is 2. The predicted molar refractivity (Wildman–Crippen MR) is 80.3 cm³/mol. The van der Waals surface area contributed by atoms with Crippen LogP contribution in [-0.4, -0.2) is 34.5 Å². The Labute approximate surface area is 127 Å². The lowest BCUT2D eigenvalue weighted by molar-refractivity contribution is -0.401. The maximum atomic E-state index is 12.1. The maximum Gasteiger partial charge on any atom is 0.256 e. The van der Waals surface area contributed by atoms with E-state index in [4.69, 9.17) is 9.78 Å². The average Bonchev–Trinajstić information content (AvgIpc) is 2.55. The first-order valence-electron chi connectivity index (χ1n) is 7.41. The number of nitrogens with zero attached hydrogens (tertiary/aromatic N) is 1. The van der Waals surface area contributed by atoms with Gasteiger partial charge in [0.2, 0.25) is 0 Å². The molecular formula is C16H27NO4. The van der Waals surface area contributed by atoms with Crippen molar-refractivity contribution in [2.45, 2.75) is 72.5 Å². The number of carbonyl (C=O) groups is 2. The highest BCUT2D eigenvalue weighted by molar-refractivity contribution is 6.18. The van der Waals surface area contributed by atoms with Gasteiger partial charge in [-0.15, -0.1) is 0 Å². The van der Waals surface area contributed by atoms with Crippen molar-refractivity contribution < 1.29 is 19.4 Å². The zero-order chi connectivity index (χ0) is 16.4. The van der Waals surface area contributed by atoms with Crippen LogP contribution in [-0.2, 0) is 19.4 Å². The number of rotatable bonds is 7. The van der Waals surface area contributed by atoms with Gasteiger partial charge in [0.1, 0.15) is 5.60 Å². The Kier molecular flexibility index (Phi) is 5.34. The largest absolute Gasteiger partial charge is 0.272 e. The fourth-order valence-corrected chi connectivity index (χ4v) is 2.24. The van der Waals surface area contributed by atoms with Crippen LogP contribution in [0.25, 0.3) is 0 Å². The van der Waals surface area contributed by atoms with Crippen molar-refractivity contribution in [3.05, 3.63) is 11.1 Å². The molecule has 1 aliphatic heterocycles. The van der Waals surface area contributed by atoms with Crippen molar-refractivity contribution >= 4 is 11.8 Å². The number of hydrogen-bond acceptors (Lipinski definition) is 4.